The summed E-state index contributed by atoms with van der Waals surface area (Å²) < 4.78 is 18.0. The van der Waals surface area contributed by atoms with Gasteiger partial charge in [-0.05, 0) is 19.1 Å². The van der Waals surface area contributed by atoms with Gasteiger partial charge < -0.3 is 10.1 Å². The molecular formula is C13H13FN2O2S. The quantitative estimate of drug-likeness (QED) is 0.914. The molecule has 0 saturated heterocycles. The Kier molecular flexibility index (Phi) is 4.46. The number of carbonyl (C=O) groups excluding carboxylic acids is 1. The molecule has 4 nitrogen and oxygen atoms in total. The van der Waals surface area contributed by atoms with Crippen LogP contribution < -0.4 is 10.1 Å². The summed E-state index contributed by atoms with van der Waals surface area (Å²) in [6, 6.07) is 5.68. The van der Waals surface area contributed by atoms with Gasteiger partial charge in [0.25, 0.3) is 5.91 Å². The summed E-state index contributed by atoms with van der Waals surface area (Å²) >= 11 is 1.53. The molecule has 0 bridgehead atoms. The van der Waals surface area contributed by atoms with E-state index in [-0.39, 0.29) is 12.5 Å². The predicted molar refractivity (Wildman–Crippen MR) is 70.6 cm³/mol. The van der Waals surface area contributed by atoms with Gasteiger partial charge in [0.2, 0.25) is 0 Å². The Morgan fingerprint density at radius 2 is 2.37 bits per heavy atom. The molecule has 19 heavy (non-hydrogen) atoms. The molecule has 1 aromatic carbocycles. The molecule has 0 aliphatic heterocycles. The molecule has 0 atom stereocenters. The maximum absolute atomic E-state index is 12.9. The zero-order valence-corrected chi connectivity index (χ0v) is 11.2. The second-order valence-electron chi connectivity index (χ2n) is 3.89. The van der Waals surface area contributed by atoms with Crippen molar-refractivity contribution in [1.82, 2.24) is 10.3 Å². The molecule has 0 radical (unpaired) electrons. The fourth-order valence-corrected chi connectivity index (χ4v) is 2.14. The number of aryl methyl sites for hydroxylation is 1. The number of thiazole rings is 1. The molecule has 2 rings (SSSR count). The van der Waals surface area contributed by atoms with Gasteiger partial charge in [0.1, 0.15) is 16.6 Å². The average molecular weight is 280 g/mol. The van der Waals surface area contributed by atoms with Crippen LogP contribution in [0.5, 0.6) is 5.75 Å². The van der Waals surface area contributed by atoms with Gasteiger partial charge in [-0.1, -0.05) is 6.07 Å². The maximum atomic E-state index is 12.9. The van der Waals surface area contributed by atoms with Crippen molar-refractivity contribution in [1.29, 1.82) is 0 Å². The van der Waals surface area contributed by atoms with Gasteiger partial charge in [-0.25, -0.2) is 9.37 Å². The van der Waals surface area contributed by atoms with Crippen molar-refractivity contribution in [2.75, 3.05) is 6.61 Å². The van der Waals surface area contributed by atoms with Gasteiger partial charge in [-0.15, -0.1) is 11.3 Å². The molecular weight excluding hydrogens is 267 g/mol. The Bertz CT molecular complexity index is 571. The summed E-state index contributed by atoms with van der Waals surface area (Å²) in [5, 5.41) is 3.53. The number of nitrogens with zero attached hydrogens (tertiary/aromatic N) is 1. The van der Waals surface area contributed by atoms with Crippen LogP contribution in [0.2, 0.25) is 0 Å². The number of aromatic nitrogens is 1. The second kappa shape index (κ2) is 6.29. The van der Waals surface area contributed by atoms with Crippen LogP contribution in [0.4, 0.5) is 4.39 Å². The van der Waals surface area contributed by atoms with Gasteiger partial charge in [0.05, 0.1) is 6.54 Å². The number of hydrogen-bond acceptors (Lipinski definition) is 4. The molecule has 100 valence electrons. The van der Waals surface area contributed by atoms with Gasteiger partial charge in [-0.2, -0.15) is 0 Å². The van der Waals surface area contributed by atoms with Gasteiger partial charge in [0.15, 0.2) is 6.61 Å². The lowest BCUT2D eigenvalue weighted by atomic mass is 10.3. The number of ether oxygens (including phenoxy) is 1. The number of benzene rings is 1. The highest BCUT2D eigenvalue weighted by atomic mass is 32.1. The largest absolute Gasteiger partial charge is 0.484 e. The number of nitrogens with one attached hydrogen (secondary N) is 1. The van der Waals surface area contributed by atoms with Crippen molar-refractivity contribution < 1.29 is 13.9 Å². The molecule has 0 saturated carbocycles. The van der Waals surface area contributed by atoms with E-state index in [9.17, 15) is 9.18 Å². The predicted octanol–water partition coefficient (Wildman–Crippen LogP) is 2.29. The molecule has 1 N–H and O–H groups in total. The summed E-state index contributed by atoms with van der Waals surface area (Å²) in [6.45, 7) is 2.19. The Hall–Kier alpha value is -1.95. The first kappa shape index (κ1) is 13.5. The van der Waals surface area contributed by atoms with Crippen LogP contribution in [0.3, 0.4) is 0 Å². The maximum Gasteiger partial charge on any atom is 0.258 e. The SMILES string of the molecule is Cc1cnc(CNC(=O)COc2cccc(F)c2)s1. The summed E-state index contributed by atoms with van der Waals surface area (Å²) in [7, 11) is 0. The summed E-state index contributed by atoms with van der Waals surface area (Å²) in [4.78, 5) is 16.8. The van der Waals surface area contributed by atoms with Crippen LogP contribution in [0, 0.1) is 12.7 Å². The van der Waals surface area contributed by atoms with Crippen LogP contribution in [0.15, 0.2) is 30.5 Å². The van der Waals surface area contributed by atoms with E-state index in [4.69, 9.17) is 4.74 Å². The standard InChI is InChI=1S/C13H13FN2O2S/c1-9-6-16-13(19-9)7-15-12(17)8-18-11-4-2-3-10(14)5-11/h2-6H,7-8H2,1H3,(H,15,17). The van der Waals surface area contributed by atoms with Gasteiger partial charge in [0, 0.05) is 17.1 Å². The molecule has 0 fully saturated rings. The minimum absolute atomic E-state index is 0.145. The van der Waals surface area contributed by atoms with E-state index in [1.807, 2.05) is 6.92 Å². The van der Waals surface area contributed by atoms with E-state index in [2.05, 4.69) is 10.3 Å². The van der Waals surface area contributed by atoms with Crippen molar-refractivity contribution in [2.24, 2.45) is 0 Å². The number of rotatable bonds is 5. The smallest absolute Gasteiger partial charge is 0.258 e. The molecule has 6 heteroatoms. The average Bonchev–Trinajstić information content (AvgIpc) is 2.80. The van der Waals surface area contributed by atoms with Crippen LogP contribution >= 0.6 is 11.3 Å². The topological polar surface area (TPSA) is 51.2 Å². The van der Waals surface area contributed by atoms with Gasteiger partial charge in [-0.3, -0.25) is 4.79 Å². The first-order chi connectivity index (χ1) is 9.13. The Balaban J connectivity index is 1.75. The van der Waals surface area contributed by atoms with E-state index in [0.29, 0.717) is 12.3 Å². The molecule has 2 aromatic rings. The van der Waals surface area contributed by atoms with E-state index in [1.165, 1.54) is 29.5 Å². The minimum atomic E-state index is -0.392. The fraction of sp³-hybridized carbons (Fsp3) is 0.231. The Labute approximate surface area is 114 Å². The van der Waals surface area contributed by atoms with Crippen molar-refractivity contribution in [3.8, 4) is 5.75 Å². The lowest BCUT2D eigenvalue weighted by molar-refractivity contribution is -0.123. The first-order valence-electron chi connectivity index (χ1n) is 5.70. The fourth-order valence-electron chi connectivity index (χ4n) is 1.41. The number of hydrogen-bond donors (Lipinski definition) is 1. The van der Waals surface area contributed by atoms with Crippen molar-refractivity contribution in [3.05, 3.63) is 46.2 Å². The molecule has 0 spiro atoms. The number of carbonyl (C=O) groups is 1. The third-order valence-electron chi connectivity index (χ3n) is 2.27. The Morgan fingerprint density at radius 3 is 3.05 bits per heavy atom. The van der Waals surface area contributed by atoms with Crippen LogP contribution in [-0.2, 0) is 11.3 Å². The van der Waals surface area contributed by atoms with E-state index in [1.54, 1.807) is 12.3 Å². The normalized spacial score (nSPS) is 10.2. The Morgan fingerprint density at radius 1 is 1.53 bits per heavy atom. The van der Waals surface area contributed by atoms with E-state index < -0.39 is 5.82 Å². The monoisotopic (exact) mass is 280 g/mol. The lowest BCUT2D eigenvalue weighted by Gasteiger charge is -2.06. The summed E-state index contributed by atoms with van der Waals surface area (Å²) in [5.74, 6) is -0.325. The first-order valence-corrected chi connectivity index (χ1v) is 6.51. The van der Waals surface area contributed by atoms with Gasteiger partial charge >= 0.3 is 0 Å². The summed E-state index contributed by atoms with van der Waals surface area (Å²) in [6.07, 6.45) is 1.76. The van der Waals surface area contributed by atoms with Crippen LogP contribution in [0.25, 0.3) is 0 Å². The van der Waals surface area contributed by atoms with Crippen molar-refractivity contribution in [3.63, 3.8) is 0 Å². The summed E-state index contributed by atoms with van der Waals surface area (Å²) in [5.41, 5.74) is 0. The molecule has 1 amide bonds. The van der Waals surface area contributed by atoms with Crippen molar-refractivity contribution in [2.45, 2.75) is 13.5 Å². The minimum Gasteiger partial charge on any atom is -0.484 e. The number of amides is 1. The second-order valence-corrected chi connectivity index (χ2v) is 5.21. The zero-order chi connectivity index (χ0) is 13.7. The third-order valence-corrected chi connectivity index (χ3v) is 3.18. The van der Waals surface area contributed by atoms with Crippen LogP contribution in [-0.4, -0.2) is 17.5 Å². The molecule has 0 aliphatic carbocycles. The highest BCUT2D eigenvalue weighted by Gasteiger charge is 2.05. The van der Waals surface area contributed by atoms with E-state index >= 15 is 0 Å². The molecule has 1 aromatic heterocycles. The van der Waals surface area contributed by atoms with Crippen LogP contribution in [0.1, 0.15) is 9.88 Å². The lowest BCUT2D eigenvalue weighted by Crippen LogP contribution is -2.28. The zero-order valence-electron chi connectivity index (χ0n) is 10.4. The highest BCUT2D eigenvalue weighted by molar-refractivity contribution is 7.11. The third kappa shape index (κ3) is 4.33. The molecule has 0 unspecified atom stereocenters. The highest BCUT2D eigenvalue weighted by Crippen LogP contribution is 2.12. The number of halogens is 1. The molecule has 1 heterocycles. The van der Waals surface area contributed by atoms with E-state index in [0.717, 1.165) is 9.88 Å². The molecule has 0 aliphatic rings. The van der Waals surface area contributed by atoms with Crippen molar-refractivity contribution >= 4 is 17.2 Å².